The SMILES string of the molecule is COCCc1ccc(O[C@H]2CCNC2)cc1. The summed E-state index contributed by atoms with van der Waals surface area (Å²) in [7, 11) is 1.73. The summed E-state index contributed by atoms with van der Waals surface area (Å²) in [4.78, 5) is 0. The Morgan fingerprint density at radius 3 is 2.75 bits per heavy atom. The lowest BCUT2D eigenvalue weighted by Gasteiger charge is -2.12. The predicted octanol–water partition coefficient (Wildman–Crippen LogP) is 1.62. The molecule has 3 heteroatoms. The minimum Gasteiger partial charge on any atom is -0.489 e. The third-order valence-electron chi connectivity index (χ3n) is 2.84. The molecule has 2 rings (SSSR count). The van der Waals surface area contributed by atoms with Gasteiger partial charge in [0.15, 0.2) is 0 Å². The Balaban J connectivity index is 1.86. The number of rotatable bonds is 5. The molecule has 0 saturated carbocycles. The Morgan fingerprint density at radius 2 is 2.12 bits per heavy atom. The molecule has 0 aromatic heterocycles. The van der Waals surface area contributed by atoms with Crippen molar-refractivity contribution in [2.24, 2.45) is 0 Å². The van der Waals surface area contributed by atoms with Crippen LogP contribution in [0, 0.1) is 0 Å². The van der Waals surface area contributed by atoms with Crippen molar-refractivity contribution in [1.29, 1.82) is 0 Å². The van der Waals surface area contributed by atoms with E-state index in [0.717, 1.165) is 38.3 Å². The van der Waals surface area contributed by atoms with Gasteiger partial charge in [0.1, 0.15) is 11.9 Å². The van der Waals surface area contributed by atoms with Crippen molar-refractivity contribution in [2.75, 3.05) is 26.8 Å². The maximum atomic E-state index is 5.84. The van der Waals surface area contributed by atoms with Crippen LogP contribution in [0.2, 0.25) is 0 Å². The van der Waals surface area contributed by atoms with Gasteiger partial charge >= 0.3 is 0 Å². The number of hydrogen-bond acceptors (Lipinski definition) is 3. The van der Waals surface area contributed by atoms with E-state index >= 15 is 0 Å². The number of methoxy groups -OCH3 is 1. The van der Waals surface area contributed by atoms with Crippen molar-refractivity contribution in [2.45, 2.75) is 18.9 Å². The summed E-state index contributed by atoms with van der Waals surface area (Å²) >= 11 is 0. The summed E-state index contributed by atoms with van der Waals surface area (Å²) in [5.41, 5.74) is 1.29. The Morgan fingerprint density at radius 1 is 1.31 bits per heavy atom. The third kappa shape index (κ3) is 3.22. The van der Waals surface area contributed by atoms with Crippen molar-refractivity contribution < 1.29 is 9.47 Å². The number of hydrogen-bond donors (Lipinski definition) is 1. The zero-order valence-corrected chi connectivity index (χ0v) is 9.74. The zero-order valence-electron chi connectivity index (χ0n) is 9.74. The second-order valence-corrected chi connectivity index (χ2v) is 4.12. The quantitative estimate of drug-likeness (QED) is 0.819. The molecular weight excluding hydrogens is 202 g/mol. The minimum atomic E-state index is 0.338. The van der Waals surface area contributed by atoms with Gasteiger partial charge in [-0.1, -0.05) is 12.1 Å². The maximum absolute atomic E-state index is 5.84. The molecule has 0 unspecified atom stereocenters. The van der Waals surface area contributed by atoms with E-state index in [1.165, 1.54) is 5.56 Å². The molecule has 1 N–H and O–H groups in total. The number of nitrogens with one attached hydrogen (secondary N) is 1. The summed E-state index contributed by atoms with van der Waals surface area (Å²) in [6.07, 6.45) is 2.40. The number of benzene rings is 1. The van der Waals surface area contributed by atoms with E-state index < -0.39 is 0 Å². The van der Waals surface area contributed by atoms with Gasteiger partial charge in [-0.05, 0) is 37.1 Å². The topological polar surface area (TPSA) is 30.5 Å². The first-order valence-corrected chi connectivity index (χ1v) is 5.84. The molecule has 3 nitrogen and oxygen atoms in total. The molecular formula is C13H19NO2. The van der Waals surface area contributed by atoms with E-state index in [2.05, 4.69) is 17.4 Å². The molecule has 0 bridgehead atoms. The van der Waals surface area contributed by atoms with Crippen LogP contribution in [0.1, 0.15) is 12.0 Å². The lowest BCUT2D eigenvalue weighted by molar-refractivity contribution is 0.202. The molecule has 1 aromatic carbocycles. The Hall–Kier alpha value is -1.06. The van der Waals surface area contributed by atoms with Crippen molar-refractivity contribution >= 4 is 0 Å². The van der Waals surface area contributed by atoms with E-state index in [1.807, 2.05) is 12.1 Å². The largest absolute Gasteiger partial charge is 0.489 e. The Labute approximate surface area is 96.8 Å². The molecule has 1 aliphatic heterocycles. The van der Waals surface area contributed by atoms with Gasteiger partial charge in [-0.15, -0.1) is 0 Å². The fourth-order valence-electron chi connectivity index (χ4n) is 1.88. The fraction of sp³-hybridized carbons (Fsp3) is 0.538. The lowest BCUT2D eigenvalue weighted by atomic mass is 10.1. The van der Waals surface area contributed by atoms with E-state index in [9.17, 15) is 0 Å². The fourth-order valence-corrected chi connectivity index (χ4v) is 1.88. The van der Waals surface area contributed by atoms with Crippen LogP contribution in [0.3, 0.4) is 0 Å². The average molecular weight is 221 g/mol. The standard InChI is InChI=1S/C13H19NO2/c1-15-9-7-11-2-4-12(5-3-11)16-13-6-8-14-10-13/h2-5,13-14H,6-10H2,1H3/t13-/m0/s1. The normalized spacial score (nSPS) is 19.9. The van der Waals surface area contributed by atoms with Gasteiger partial charge in [-0.25, -0.2) is 0 Å². The van der Waals surface area contributed by atoms with Crippen LogP contribution in [0.25, 0.3) is 0 Å². The molecule has 88 valence electrons. The zero-order chi connectivity index (χ0) is 11.2. The second-order valence-electron chi connectivity index (χ2n) is 4.12. The molecule has 1 heterocycles. The van der Waals surface area contributed by atoms with Gasteiger partial charge in [0.05, 0.1) is 6.61 Å². The monoisotopic (exact) mass is 221 g/mol. The summed E-state index contributed by atoms with van der Waals surface area (Å²) < 4.78 is 10.9. The van der Waals surface area contributed by atoms with Crippen LogP contribution in [0.4, 0.5) is 0 Å². The molecule has 1 saturated heterocycles. The summed E-state index contributed by atoms with van der Waals surface area (Å²) in [5.74, 6) is 0.967. The smallest absolute Gasteiger partial charge is 0.119 e. The van der Waals surface area contributed by atoms with E-state index in [1.54, 1.807) is 7.11 Å². The van der Waals surface area contributed by atoms with Crippen LogP contribution in [0.5, 0.6) is 5.75 Å². The van der Waals surface area contributed by atoms with E-state index in [-0.39, 0.29) is 0 Å². The van der Waals surface area contributed by atoms with Crippen LogP contribution in [0.15, 0.2) is 24.3 Å². The van der Waals surface area contributed by atoms with Crippen LogP contribution >= 0.6 is 0 Å². The molecule has 0 amide bonds. The van der Waals surface area contributed by atoms with Crippen LogP contribution in [-0.4, -0.2) is 32.9 Å². The van der Waals surface area contributed by atoms with Gasteiger partial charge < -0.3 is 14.8 Å². The first kappa shape index (κ1) is 11.4. The highest BCUT2D eigenvalue weighted by Gasteiger charge is 2.15. The van der Waals surface area contributed by atoms with Gasteiger partial charge in [-0.3, -0.25) is 0 Å². The molecule has 0 aliphatic carbocycles. The third-order valence-corrected chi connectivity index (χ3v) is 2.84. The van der Waals surface area contributed by atoms with Gasteiger partial charge in [0.2, 0.25) is 0 Å². The van der Waals surface area contributed by atoms with Crippen molar-refractivity contribution in [3.8, 4) is 5.75 Å². The number of ether oxygens (including phenoxy) is 2. The Bertz CT molecular complexity index is 304. The highest BCUT2D eigenvalue weighted by atomic mass is 16.5. The van der Waals surface area contributed by atoms with Crippen molar-refractivity contribution in [1.82, 2.24) is 5.32 Å². The highest BCUT2D eigenvalue weighted by Crippen LogP contribution is 2.16. The maximum Gasteiger partial charge on any atom is 0.119 e. The van der Waals surface area contributed by atoms with Gasteiger partial charge in [0, 0.05) is 13.7 Å². The highest BCUT2D eigenvalue weighted by molar-refractivity contribution is 5.27. The summed E-state index contributed by atoms with van der Waals surface area (Å²) in [6, 6.07) is 8.31. The molecule has 1 atom stereocenters. The Kier molecular flexibility index (Phi) is 4.19. The van der Waals surface area contributed by atoms with Crippen molar-refractivity contribution in [3.63, 3.8) is 0 Å². The molecule has 0 spiro atoms. The molecule has 0 radical (unpaired) electrons. The predicted molar refractivity (Wildman–Crippen MR) is 63.9 cm³/mol. The van der Waals surface area contributed by atoms with Crippen LogP contribution in [-0.2, 0) is 11.2 Å². The van der Waals surface area contributed by atoms with E-state index in [0.29, 0.717) is 6.10 Å². The molecule has 1 aromatic rings. The summed E-state index contributed by atoms with van der Waals surface area (Å²) in [6.45, 7) is 2.80. The average Bonchev–Trinajstić information content (AvgIpc) is 2.81. The molecule has 1 aliphatic rings. The second kappa shape index (κ2) is 5.87. The minimum absolute atomic E-state index is 0.338. The van der Waals surface area contributed by atoms with Crippen LogP contribution < -0.4 is 10.1 Å². The van der Waals surface area contributed by atoms with Crippen molar-refractivity contribution in [3.05, 3.63) is 29.8 Å². The molecule has 1 fully saturated rings. The first-order chi connectivity index (χ1) is 7.88. The summed E-state index contributed by atoms with van der Waals surface area (Å²) in [5, 5.41) is 3.29. The van der Waals surface area contributed by atoms with E-state index in [4.69, 9.17) is 9.47 Å². The van der Waals surface area contributed by atoms with Gasteiger partial charge in [-0.2, -0.15) is 0 Å². The lowest BCUT2D eigenvalue weighted by Crippen LogP contribution is -2.19. The molecule has 16 heavy (non-hydrogen) atoms. The van der Waals surface area contributed by atoms with Gasteiger partial charge in [0.25, 0.3) is 0 Å². The first-order valence-electron chi connectivity index (χ1n) is 5.84.